The molecule has 1 aromatic carbocycles. The number of benzene rings is 1. The van der Waals surface area contributed by atoms with E-state index in [0.717, 1.165) is 51.2 Å². The summed E-state index contributed by atoms with van der Waals surface area (Å²) in [5.74, 6) is 0. The first-order chi connectivity index (χ1) is 12.3. The summed E-state index contributed by atoms with van der Waals surface area (Å²) in [6.07, 6.45) is 5.30. The first kappa shape index (κ1) is 16.7. The van der Waals surface area contributed by atoms with Gasteiger partial charge in [0.25, 0.3) is 0 Å². The summed E-state index contributed by atoms with van der Waals surface area (Å²) in [6.45, 7) is 4.48. The molecular weight excluding hydrogens is 312 g/mol. The van der Waals surface area contributed by atoms with Gasteiger partial charge in [-0.3, -0.25) is 9.88 Å². The average molecular weight is 338 g/mol. The summed E-state index contributed by atoms with van der Waals surface area (Å²) in [4.78, 5) is 6.92. The van der Waals surface area contributed by atoms with Crippen LogP contribution in [0.25, 0.3) is 0 Å². The Bertz CT molecular complexity index is 654. The Morgan fingerprint density at radius 1 is 1.08 bits per heavy atom. The molecule has 25 heavy (non-hydrogen) atoms. The van der Waals surface area contributed by atoms with Crippen LogP contribution in [-0.4, -0.2) is 41.3 Å². The Balaban J connectivity index is 1.24. The highest BCUT2D eigenvalue weighted by molar-refractivity contribution is 5.13. The van der Waals surface area contributed by atoms with Gasteiger partial charge in [-0.15, -0.1) is 0 Å². The quantitative estimate of drug-likeness (QED) is 0.837. The molecule has 0 saturated carbocycles. The molecule has 4 rings (SSSR count). The van der Waals surface area contributed by atoms with Gasteiger partial charge in [-0.2, -0.15) is 0 Å². The predicted molar refractivity (Wildman–Crippen MR) is 97.1 cm³/mol. The van der Waals surface area contributed by atoms with Crippen molar-refractivity contribution in [2.75, 3.05) is 19.7 Å². The van der Waals surface area contributed by atoms with Crippen LogP contribution in [-0.2, 0) is 22.6 Å². The number of hydrogen-bond donors (Lipinski definition) is 0. The molecule has 1 atom stereocenters. The lowest BCUT2D eigenvalue weighted by Gasteiger charge is -2.38. The molecule has 1 spiro atoms. The summed E-state index contributed by atoms with van der Waals surface area (Å²) in [5.41, 5.74) is 2.41. The second-order valence-electron chi connectivity index (χ2n) is 7.21. The fraction of sp³-hybridized carbons (Fsp3) is 0.476. The summed E-state index contributed by atoms with van der Waals surface area (Å²) in [7, 11) is 0. The number of rotatable bonds is 5. The van der Waals surface area contributed by atoms with E-state index < -0.39 is 0 Å². The van der Waals surface area contributed by atoms with E-state index in [0.29, 0.717) is 6.61 Å². The lowest BCUT2D eigenvalue weighted by atomic mass is 9.88. The fourth-order valence-electron chi connectivity index (χ4n) is 3.89. The zero-order chi connectivity index (χ0) is 17.0. The fourth-order valence-corrected chi connectivity index (χ4v) is 3.89. The molecule has 2 aliphatic heterocycles. The molecule has 0 N–H and O–H groups in total. The molecular formula is C21H26N2O2. The van der Waals surface area contributed by atoms with E-state index in [1.807, 2.05) is 18.3 Å². The maximum absolute atomic E-state index is 6.21. The first-order valence-electron chi connectivity index (χ1n) is 9.23. The van der Waals surface area contributed by atoms with Crippen molar-refractivity contribution in [2.45, 2.75) is 44.1 Å². The van der Waals surface area contributed by atoms with Gasteiger partial charge in [0.05, 0.1) is 30.6 Å². The van der Waals surface area contributed by atoms with Crippen molar-refractivity contribution in [3.8, 4) is 0 Å². The molecule has 0 radical (unpaired) electrons. The number of piperidine rings is 1. The molecule has 2 aromatic rings. The highest BCUT2D eigenvalue weighted by atomic mass is 16.6. The van der Waals surface area contributed by atoms with Crippen LogP contribution in [0.3, 0.4) is 0 Å². The minimum Gasteiger partial charge on any atom is -0.372 e. The van der Waals surface area contributed by atoms with E-state index in [-0.39, 0.29) is 11.7 Å². The smallest absolute Gasteiger partial charge is 0.0840 e. The molecule has 0 aliphatic carbocycles. The minimum atomic E-state index is 0.0297. The third-order valence-electron chi connectivity index (χ3n) is 5.38. The number of nitrogens with zero attached hydrogens (tertiary/aromatic N) is 2. The van der Waals surface area contributed by atoms with Crippen LogP contribution >= 0.6 is 0 Å². The van der Waals surface area contributed by atoms with Crippen LogP contribution in [0.2, 0.25) is 0 Å². The topological polar surface area (TPSA) is 34.6 Å². The molecule has 0 amide bonds. The summed E-state index contributed by atoms with van der Waals surface area (Å²) >= 11 is 0. The van der Waals surface area contributed by atoms with Crippen molar-refractivity contribution in [3.05, 3.63) is 66.0 Å². The predicted octanol–water partition coefficient (Wildman–Crippen LogP) is 3.42. The first-order valence-corrected chi connectivity index (χ1v) is 9.23. The highest BCUT2D eigenvalue weighted by Crippen LogP contribution is 2.37. The van der Waals surface area contributed by atoms with Crippen LogP contribution in [0.5, 0.6) is 0 Å². The molecule has 0 unspecified atom stereocenters. The van der Waals surface area contributed by atoms with Crippen LogP contribution < -0.4 is 0 Å². The van der Waals surface area contributed by atoms with Crippen LogP contribution in [0.4, 0.5) is 0 Å². The van der Waals surface area contributed by atoms with E-state index in [9.17, 15) is 0 Å². The van der Waals surface area contributed by atoms with Crippen molar-refractivity contribution < 1.29 is 9.47 Å². The van der Waals surface area contributed by atoms with Gasteiger partial charge in [-0.25, -0.2) is 0 Å². The van der Waals surface area contributed by atoms with E-state index in [1.165, 1.54) is 5.56 Å². The second kappa shape index (κ2) is 7.65. The summed E-state index contributed by atoms with van der Waals surface area (Å²) in [5, 5.41) is 0. The van der Waals surface area contributed by atoms with Gasteiger partial charge in [0, 0.05) is 32.3 Å². The molecule has 4 nitrogen and oxygen atoms in total. The number of hydrogen-bond acceptors (Lipinski definition) is 4. The number of aromatic nitrogens is 1. The van der Waals surface area contributed by atoms with Crippen LogP contribution in [0.15, 0.2) is 54.7 Å². The van der Waals surface area contributed by atoms with Gasteiger partial charge in [-0.1, -0.05) is 36.4 Å². The zero-order valence-electron chi connectivity index (χ0n) is 14.6. The Morgan fingerprint density at radius 2 is 1.88 bits per heavy atom. The zero-order valence-corrected chi connectivity index (χ0v) is 14.6. The normalized spacial score (nSPS) is 23.1. The van der Waals surface area contributed by atoms with Crippen molar-refractivity contribution in [1.29, 1.82) is 0 Å². The number of ether oxygens (including phenoxy) is 2. The molecule has 3 heterocycles. The minimum absolute atomic E-state index is 0.0297. The average Bonchev–Trinajstić information content (AvgIpc) is 3.07. The standard InChI is InChI=1S/C21H26N2O2/c1-2-6-18(7-3-1)16-24-20-14-21(25-17-20)9-12-23(13-10-21)15-19-8-4-5-11-22-19/h1-8,11,20H,9-10,12-17H2/t20-/m0/s1. The highest BCUT2D eigenvalue weighted by Gasteiger charge is 2.43. The van der Waals surface area contributed by atoms with Gasteiger partial charge >= 0.3 is 0 Å². The molecule has 2 aliphatic rings. The van der Waals surface area contributed by atoms with E-state index in [4.69, 9.17) is 9.47 Å². The molecule has 132 valence electrons. The van der Waals surface area contributed by atoms with Crippen LogP contribution in [0.1, 0.15) is 30.5 Å². The van der Waals surface area contributed by atoms with E-state index in [2.05, 4.69) is 46.3 Å². The Kier molecular flexibility index (Phi) is 5.11. The molecule has 0 bridgehead atoms. The van der Waals surface area contributed by atoms with Gasteiger partial charge in [0.2, 0.25) is 0 Å². The lowest BCUT2D eigenvalue weighted by Crippen LogP contribution is -2.44. The maximum atomic E-state index is 6.21. The van der Waals surface area contributed by atoms with Crippen molar-refractivity contribution in [1.82, 2.24) is 9.88 Å². The van der Waals surface area contributed by atoms with E-state index in [1.54, 1.807) is 0 Å². The molecule has 1 aromatic heterocycles. The Morgan fingerprint density at radius 3 is 2.64 bits per heavy atom. The Hall–Kier alpha value is -1.75. The van der Waals surface area contributed by atoms with E-state index >= 15 is 0 Å². The largest absolute Gasteiger partial charge is 0.372 e. The Labute approximate surface area is 149 Å². The van der Waals surface area contributed by atoms with Crippen molar-refractivity contribution in [3.63, 3.8) is 0 Å². The molecule has 2 fully saturated rings. The molecule has 4 heteroatoms. The van der Waals surface area contributed by atoms with Gasteiger partial charge in [-0.05, 0) is 30.5 Å². The third-order valence-corrected chi connectivity index (χ3v) is 5.38. The van der Waals surface area contributed by atoms with Crippen molar-refractivity contribution >= 4 is 0 Å². The summed E-state index contributed by atoms with van der Waals surface area (Å²) < 4.78 is 12.3. The monoisotopic (exact) mass is 338 g/mol. The third kappa shape index (κ3) is 4.27. The lowest BCUT2D eigenvalue weighted by molar-refractivity contribution is -0.0470. The maximum Gasteiger partial charge on any atom is 0.0840 e. The van der Waals surface area contributed by atoms with Crippen LogP contribution in [0, 0.1) is 0 Å². The number of pyridine rings is 1. The number of likely N-dealkylation sites (tertiary alicyclic amines) is 1. The van der Waals surface area contributed by atoms with Crippen molar-refractivity contribution in [2.24, 2.45) is 0 Å². The summed E-state index contributed by atoms with van der Waals surface area (Å²) in [6, 6.07) is 16.5. The van der Waals surface area contributed by atoms with Gasteiger partial charge in [0.1, 0.15) is 0 Å². The van der Waals surface area contributed by atoms with Gasteiger partial charge in [0.15, 0.2) is 0 Å². The SMILES string of the molecule is c1ccc(CO[C@@H]2COC3(CCN(Cc4ccccn4)CC3)C2)cc1. The molecule has 2 saturated heterocycles. The second-order valence-corrected chi connectivity index (χ2v) is 7.21. The van der Waals surface area contributed by atoms with Gasteiger partial charge < -0.3 is 9.47 Å².